The highest BCUT2D eigenvalue weighted by Crippen LogP contribution is 2.32. The number of carbonyl (C=O) groups excluding carboxylic acids is 1. The SMILES string of the molecule is CCn1nccc1CNC(=O)c1nn2c(C(F)(F)F)cc(C)nc2c1Cl. The van der Waals surface area contributed by atoms with E-state index in [2.05, 4.69) is 20.5 Å². The zero-order chi connectivity index (χ0) is 19.1. The third kappa shape index (κ3) is 3.24. The highest BCUT2D eigenvalue weighted by Gasteiger charge is 2.36. The normalized spacial score (nSPS) is 11.9. The van der Waals surface area contributed by atoms with E-state index in [-0.39, 0.29) is 28.6 Å². The number of fused-ring (bicyclic) bond motifs is 1. The molecule has 0 aliphatic rings. The van der Waals surface area contributed by atoms with Gasteiger partial charge in [-0.25, -0.2) is 9.50 Å². The first kappa shape index (κ1) is 18.2. The number of alkyl halides is 3. The number of nitrogens with one attached hydrogen (secondary N) is 1. The smallest absolute Gasteiger partial charge is 0.345 e. The Balaban J connectivity index is 1.95. The number of hydrogen-bond donors (Lipinski definition) is 1. The van der Waals surface area contributed by atoms with Crippen molar-refractivity contribution in [1.29, 1.82) is 0 Å². The Morgan fingerprint density at radius 2 is 2.12 bits per heavy atom. The molecule has 0 spiro atoms. The summed E-state index contributed by atoms with van der Waals surface area (Å²) in [6.07, 6.45) is -3.08. The maximum atomic E-state index is 13.2. The summed E-state index contributed by atoms with van der Waals surface area (Å²) in [5.74, 6) is -0.699. The van der Waals surface area contributed by atoms with E-state index < -0.39 is 17.8 Å². The Hall–Kier alpha value is -2.62. The molecule has 0 aliphatic carbocycles. The predicted molar refractivity (Wildman–Crippen MR) is 86.8 cm³/mol. The maximum absolute atomic E-state index is 13.2. The van der Waals surface area contributed by atoms with Crippen molar-refractivity contribution in [2.75, 3.05) is 0 Å². The zero-order valence-electron chi connectivity index (χ0n) is 13.8. The van der Waals surface area contributed by atoms with Gasteiger partial charge < -0.3 is 5.32 Å². The molecule has 7 nitrogen and oxygen atoms in total. The van der Waals surface area contributed by atoms with Crippen LogP contribution in [0.15, 0.2) is 18.3 Å². The molecule has 0 unspecified atom stereocenters. The van der Waals surface area contributed by atoms with Gasteiger partial charge in [-0.15, -0.1) is 0 Å². The van der Waals surface area contributed by atoms with Crippen molar-refractivity contribution in [3.05, 3.63) is 46.1 Å². The summed E-state index contributed by atoms with van der Waals surface area (Å²) in [6, 6.07) is 2.57. The minimum atomic E-state index is -4.66. The lowest BCUT2D eigenvalue weighted by Gasteiger charge is -2.09. The molecular weight excluding hydrogens is 373 g/mol. The molecule has 0 saturated carbocycles. The van der Waals surface area contributed by atoms with Crippen LogP contribution in [0.4, 0.5) is 13.2 Å². The maximum Gasteiger partial charge on any atom is 0.433 e. The monoisotopic (exact) mass is 386 g/mol. The number of carbonyl (C=O) groups is 1. The van der Waals surface area contributed by atoms with E-state index in [1.165, 1.54) is 6.92 Å². The minimum absolute atomic E-state index is 0.116. The molecule has 0 aromatic carbocycles. The van der Waals surface area contributed by atoms with E-state index in [4.69, 9.17) is 11.6 Å². The number of halogens is 4. The van der Waals surface area contributed by atoms with Crippen molar-refractivity contribution in [1.82, 2.24) is 29.7 Å². The Morgan fingerprint density at radius 3 is 2.77 bits per heavy atom. The largest absolute Gasteiger partial charge is 0.433 e. The Labute approximate surface area is 150 Å². The van der Waals surface area contributed by atoms with Gasteiger partial charge in [-0.2, -0.15) is 23.4 Å². The molecule has 138 valence electrons. The van der Waals surface area contributed by atoms with E-state index in [9.17, 15) is 18.0 Å². The van der Waals surface area contributed by atoms with Gasteiger partial charge in [-0.05, 0) is 26.0 Å². The summed E-state index contributed by atoms with van der Waals surface area (Å²) in [5.41, 5.74) is -0.735. The molecule has 0 atom stereocenters. The Bertz CT molecular complexity index is 978. The van der Waals surface area contributed by atoms with Crippen LogP contribution < -0.4 is 5.32 Å². The molecule has 3 rings (SSSR count). The first-order valence-corrected chi connectivity index (χ1v) is 8.02. The summed E-state index contributed by atoms with van der Waals surface area (Å²) in [6.45, 7) is 4.05. The highest BCUT2D eigenvalue weighted by atomic mass is 35.5. The second-order valence-electron chi connectivity index (χ2n) is 5.50. The molecular formula is C15H14ClF3N6O. The Kier molecular flexibility index (Phi) is 4.61. The average molecular weight is 387 g/mol. The number of hydrogen-bond acceptors (Lipinski definition) is 4. The van der Waals surface area contributed by atoms with Crippen LogP contribution in [0.5, 0.6) is 0 Å². The van der Waals surface area contributed by atoms with E-state index in [1.807, 2.05) is 6.92 Å². The number of aryl methyl sites for hydroxylation is 2. The van der Waals surface area contributed by atoms with Crippen LogP contribution in [0.2, 0.25) is 5.02 Å². The van der Waals surface area contributed by atoms with Gasteiger partial charge in [0.25, 0.3) is 5.91 Å². The van der Waals surface area contributed by atoms with Gasteiger partial charge in [0.05, 0.1) is 12.2 Å². The van der Waals surface area contributed by atoms with Crippen LogP contribution in [0.1, 0.15) is 34.5 Å². The molecule has 0 aliphatic heterocycles. The predicted octanol–water partition coefficient (Wildman–Crippen LogP) is 2.86. The van der Waals surface area contributed by atoms with Crippen molar-refractivity contribution in [2.45, 2.75) is 33.1 Å². The fourth-order valence-electron chi connectivity index (χ4n) is 2.51. The van der Waals surface area contributed by atoms with Crippen molar-refractivity contribution >= 4 is 23.2 Å². The van der Waals surface area contributed by atoms with E-state index in [0.29, 0.717) is 11.1 Å². The summed E-state index contributed by atoms with van der Waals surface area (Å²) in [4.78, 5) is 16.3. The van der Waals surface area contributed by atoms with Gasteiger partial charge in [-0.3, -0.25) is 9.48 Å². The quantitative estimate of drug-likeness (QED) is 0.748. The summed E-state index contributed by atoms with van der Waals surface area (Å²) in [7, 11) is 0. The van der Waals surface area contributed by atoms with Crippen LogP contribution in [-0.2, 0) is 19.3 Å². The highest BCUT2D eigenvalue weighted by molar-refractivity contribution is 6.36. The zero-order valence-corrected chi connectivity index (χ0v) is 14.6. The first-order chi connectivity index (χ1) is 12.2. The number of nitrogens with zero attached hydrogens (tertiary/aromatic N) is 5. The lowest BCUT2D eigenvalue weighted by molar-refractivity contribution is -0.142. The number of amides is 1. The molecule has 0 fully saturated rings. The lowest BCUT2D eigenvalue weighted by Crippen LogP contribution is -2.25. The third-order valence-corrected chi connectivity index (χ3v) is 4.05. The average Bonchev–Trinajstić information content (AvgIpc) is 3.16. The molecule has 26 heavy (non-hydrogen) atoms. The molecule has 0 saturated heterocycles. The topological polar surface area (TPSA) is 77.1 Å². The second-order valence-corrected chi connectivity index (χ2v) is 5.88. The van der Waals surface area contributed by atoms with Crippen molar-refractivity contribution in [3.8, 4) is 0 Å². The molecule has 1 amide bonds. The summed E-state index contributed by atoms with van der Waals surface area (Å²) in [5, 5.41) is 10.1. The van der Waals surface area contributed by atoms with Crippen molar-refractivity contribution in [3.63, 3.8) is 0 Å². The molecule has 11 heteroatoms. The van der Waals surface area contributed by atoms with Crippen LogP contribution in [-0.4, -0.2) is 30.3 Å². The van der Waals surface area contributed by atoms with E-state index in [1.54, 1.807) is 16.9 Å². The fraction of sp³-hybridized carbons (Fsp3) is 0.333. The third-order valence-electron chi connectivity index (χ3n) is 3.70. The summed E-state index contributed by atoms with van der Waals surface area (Å²) < 4.78 is 41.9. The molecule has 1 N–H and O–H groups in total. The van der Waals surface area contributed by atoms with Gasteiger partial charge >= 0.3 is 6.18 Å². The minimum Gasteiger partial charge on any atom is -0.345 e. The molecule has 0 bridgehead atoms. The van der Waals surface area contributed by atoms with Crippen LogP contribution in [0, 0.1) is 6.92 Å². The molecule has 3 heterocycles. The molecule has 0 radical (unpaired) electrons. The number of rotatable bonds is 4. The summed E-state index contributed by atoms with van der Waals surface area (Å²) >= 11 is 6.07. The van der Waals surface area contributed by atoms with Crippen molar-refractivity contribution in [2.24, 2.45) is 0 Å². The standard InChI is InChI=1S/C15H14ClF3N6O/c1-3-24-9(4-5-21-24)7-20-14(26)12-11(16)13-22-8(2)6-10(15(17,18)19)25(13)23-12/h4-6H,3,7H2,1-2H3,(H,20,26). The van der Waals surface area contributed by atoms with Gasteiger partial charge in [0.2, 0.25) is 0 Å². The van der Waals surface area contributed by atoms with Crippen LogP contribution >= 0.6 is 11.6 Å². The number of aromatic nitrogens is 5. The van der Waals surface area contributed by atoms with E-state index in [0.717, 1.165) is 11.8 Å². The van der Waals surface area contributed by atoms with Gasteiger partial charge in [0.15, 0.2) is 11.3 Å². The molecule has 3 aromatic heterocycles. The van der Waals surface area contributed by atoms with Gasteiger partial charge in [0, 0.05) is 18.4 Å². The lowest BCUT2D eigenvalue weighted by atomic mass is 10.3. The van der Waals surface area contributed by atoms with E-state index >= 15 is 0 Å². The van der Waals surface area contributed by atoms with Crippen LogP contribution in [0.25, 0.3) is 5.65 Å². The fourth-order valence-corrected chi connectivity index (χ4v) is 2.76. The Morgan fingerprint density at radius 1 is 1.38 bits per heavy atom. The van der Waals surface area contributed by atoms with Crippen LogP contribution in [0.3, 0.4) is 0 Å². The first-order valence-electron chi connectivity index (χ1n) is 7.64. The van der Waals surface area contributed by atoms with Gasteiger partial charge in [0.1, 0.15) is 10.7 Å². The molecule has 3 aromatic rings. The van der Waals surface area contributed by atoms with Crippen molar-refractivity contribution < 1.29 is 18.0 Å². The van der Waals surface area contributed by atoms with Gasteiger partial charge in [-0.1, -0.05) is 11.6 Å². The second kappa shape index (κ2) is 6.60.